The summed E-state index contributed by atoms with van der Waals surface area (Å²) in [5.41, 5.74) is 0.427. The Labute approximate surface area is 99.6 Å². The molecule has 1 aliphatic rings. The molecule has 0 spiro atoms. The van der Waals surface area contributed by atoms with Gasteiger partial charge in [0.15, 0.2) is 0 Å². The van der Waals surface area contributed by atoms with Gasteiger partial charge in [0.2, 0.25) is 5.91 Å². The number of hydrogen-bond donors (Lipinski definition) is 1. The topological polar surface area (TPSA) is 32.3 Å². The van der Waals surface area contributed by atoms with Crippen molar-refractivity contribution in [2.75, 3.05) is 14.1 Å². The third-order valence-electron chi connectivity index (χ3n) is 3.50. The molecule has 16 heavy (non-hydrogen) atoms. The minimum absolute atomic E-state index is 0.0612. The summed E-state index contributed by atoms with van der Waals surface area (Å²) in [6.07, 6.45) is 4.96. The number of amides is 1. The van der Waals surface area contributed by atoms with Crippen molar-refractivity contribution in [1.29, 1.82) is 0 Å². The molecule has 3 nitrogen and oxygen atoms in total. The highest BCUT2D eigenvalue weighted by molar-refractivity contribution is 5.80. The molecule has 2 atom stereocenters. The maximum Gasteiger partial charge on any atom is 0.238 e. The summed E-state index contributed by atoms with van der Waals surface area (Å²) in [5, 5.41) is 3.46. The van der Waals surface area contributed by atoms with Crippen molar-refractivity contribution in [3.8, 4) is 0 Å². The van der Waals surface area contributed by atoms with E-state index in [1.165, 1.54) is 25.7 Å². The Morgan fingerprint density at radius 3 is 2.56 bits per heavy atom. The number of carbonyl (C=O) groups is 1. The van der Waals surface area contributed by atoms with Crippen LogP contribution in [0.1, 0.15) is 46.5 Å². The molecule has 0 aromatic rings. The number of nitrogens with zero attached hydrogens (tertiary/aromatic N) is 1. The van der Waals surface area contributed by atoms with E-state index in [0.29, 0.717) is 11.5 Å². The standard InChI is InChI=1S/C13H26N2O/c1-10(12(16)15(4)5)14-11-7-6-8-13(2,3)9-11/h10-11,14H,6-9H2,1-5H3/t10-,11?/m1/s1. The van der Waals surface area contributed by atoms with Crippen molar-refractivity contribution in [3.63, 3.8) is 0 Å². The van der Waals surface area contributed by atoms with Gasteiger partial charge >= 0.3 is 0 Å². The van der Waals surface area contributed by atoms with Gasteiger partial charge in [0, 0.05) is 20.1 Å². The van der Waals surface area contributed by atoms with Crippen LogP contribution >= 0.6 is 0 Å². The molecular formula is C13H26N2O. The first kappa shape index (κ1) is 13.5. The molecule has 1 aliphatic carbocycles. The van der Waals surface area contributed by atoms with Crippen LogP contribution in [0.3, 0.4) is 0 Å². The van der Waals surface area contributed by atoms with Crippen LogP contribution < -0.4 is 5.32 Å². The van der Waals surface area contributed by atoms with Gasteiger partial charge in [0.05, 0.1) is 6.04 Å². The molecule has 1 rings (SSSR count). The highest BCUT2D eigenvalue weighted by Gasteiger charge is 2.29. The lowest BCUT2D eigenvalue weighted by Crippen LogP contribution is -2.48. The highest BCUT2D eigenvalue weighted by atomic mass is 16.2. The molecule has 1 saturated carbocycles. The lowest BCUT2D eigenvalue weighted by atomic mass is 9.75. The first-order valence-electron chi connectivity index (χ1n) is 6.29. The zero-order valence-electron chi connectivity index (χ0n) is 11.3. The van der Waals surface area contributed by atoms with Crippen molar-refractivity contribution < 1.29 is 4.79 Å². The van der Waals surface area contributed by atoms with E-state index in [0.717, 1.165) is 0 Å². The third-order valence-corrected chi connectivity index (χ3v) is 3.50. The SMILES string of the molecule is C[C@@H](NC1CCCC(C)(C)C1)C(=O)N(C)C. The van der Waals surface area contributed by atoms with Crippen molar-refractivity contribution in [2.24, 2.45) is 5.41 Å². The fourth-order valence-electron chi connectivity index (χ4n) is 2.65. The Kier molecular flexibility index (Phi) is 4.36. The first-order chi connectivity index (χ1) is 7.32. The average molecular weight is 226 g/mol. The van der Waals surface area contributed by atoms with Gasteiger partial charge in [-0.15, -0.1) is 0 Å². The van der Waals surface area contributed by atoms with Crippen LogP contribution in [0.25, 0.3) is 0 Å². The molecule has 0 aromatic carbocycles. The number of rotatable bonds is 3. The van der Waals surface area contributed by atoms with Crippen LogP contribution in [0, 0.1) is 5.41 Å². The van der Waals surface area contributed by atoms with E-state index >= 15 is 0 Å². The monoisotopic (exact) mass is 226 g/mol. The summed E-state index contributed by atoms with van der Waals surface area (Å²) >= 11 is 0. The largest absolute Gasteiger partial charge is 0.347 e. The summed E-state index contributed by atoms with van der Waals surface area (Å²) in [6, 6.07) is 0.441. The average Bonchev–Trinajstić information content (AvgIpc) is 2.14. The van der Waals surface area contributed by atoms with Crippen LogP contribution in [-0.2, 0) is 4.79 Å². The van der Waals surface area contributed by atoms with Gasteiger partial charge < -0.3 is 10.2 Å². The van der Waals surface area contributed by atoms with Crippen LogP contribution in [0.4, 0.5) is 0 Å². The van der Waals surface area contributed by atoms with E-state index in [1.807, 2.05) is 21.0 Å². The second-order valence-electron chi connectivity index (χ2n) is 6.08. The van der Waals surface area contributed by atoms with Gasteiger partial charge in [-0.3, -0.25) is 4.79 Å². The molecule has 3 heteroatoms. The zero-order valence-corrected chi connectivity index (χ0v) is 11.3. The van der Waals surface area contributed by atoms with E-state index in [4.69, 9.17) is 0 Å². The van der Waals surface area contributed by atoms with E-state index in [2.05, 4.69) is 19.2 Å². The van der Waals surface area contributed by atoms with Gasteiger partial charge in [-0.05, 0) is 31.6 Å². The summed E-state index contributed by atoms with van der Waals surface area (Å²) in [5.74, 6) is 0.170. The predicted octanol–water partition coefficient (Wildman–Crippen LogP) is 2.02. The van der Waals surface area contributed by atoms with Crippen molar-refractivity contribution in [3.05, 3.63) is 0 Å². The lowest BCUT2D eigenvalue weighted by molar-refractivity contribution is -0.130. The van der Waals surface area contributed by atoms with Gasteiger partial charge in [0.25, 0.3) is 0 Å². The number of likely N-dealkylation sites (N-methyl/N-ethyl adjacent to an activating group) is 1. The molecule has 0 aliphatic heterocycles. The van der Waals surface area contributed by atoms with Crippen molar-refractivity contribution in [2.45, 2.75) is 58.5 Å². The molecule has 0 bridgehead atoms. The molecule has 0 heterocycles. The number of nitrogens with one attached hydrogen (secondary N) is 1. The van der Waals surface area contributed by atoms with Crippen LogP contribution in [0.15, 0.2) is 0 Å². The normalized spacial score (nSPS) is 26.2. The Hall–Kier alpha value is -0.570. The van der Waals surface area contributed by atoms with Crippen molar-refractivity contribution in [1.82, 2.24) is 10.2 Å². The second kappa shape index (κ2) is 5.17. The maximum atomic E-state index is 11.7. The van der Waals surface area contributed by atoms with Crippen molar-refractivity contribution >= 4 is 5.91 Å². The Balaban J connectivity index is 2.45. The third kappa shape index (κ3) is 3.78. The van der Waals surface area contributed by atoms with Crippen LogP contribution in [0.5, 0.6) is 0 Å². The molecule has 0 saturated heterocycles. The van der Waals surface area contributed by atoms with Gasteiger partial charge in [-0.1, -0.05) is 20.3 Å². The molecule has 1 amide bonds. The summed E-state index contributed by atoms with van der Waals surface area (Å²) in [6.45, 7) is 6.60. The lowest BCUT2D eigenvalue weighted by Gasteiger charge is -2.37. The molecule has 1 N–H and O–H groups in total. The van der Waals surface area contributed by atoms with E-state index in [-0.39, 0.29) is 11.9 Å². The molecule has 0 radical (unpaired) electrons. The molecule has 94 valence electrons. The van der Waals surface area contributed by atoms with E-state index < -0.39 is 0 Å². The second-order valence-corrected chi connectivity index (χ2v) is 6.08. The predicted molar refractivity (Wildman–Crippen MR) is 67.3 cm³/mol. The Morgan fingerprint density at radius 2 is 2.06 bits per heavy atom. The fourth-order valence-corrected chi connectivity index (χ4v) is 2.65. The van der Waals surface area contributed by atoms with Crippen LogP contribution in [-0.4, -0.2) is 37.0 Å². The molecular weight excluding hydrogens is 200 g/mol. The zero-order chi connectivity index (χ0) is 12.3. The minimum Gasteiger partial charge on any atom is -0.347 e. The fraction of sp³-hybridized carbons (Fsp3) is 0.923. The Morgan fingerprint density at radius 1 is 1.44 bits per heavy atom. The highest BCUT2D eigenvalue weighted by Crippen LogP contribution is 2.35. The van der Waals surface area contributed by atoms with Crippen LogP contribution in [0.2, 0.25) is 0 Å². The smallest absolute Gasteiger partial charge is 0.238 e. The first-order valence-corrected chi connectivity index (χ1v) is 6.29. The minimum atomic E-state index is -0.0612. The summed E-state index contributed by atoms with van der Waals surface area (Å²) < 4.78 is 0. The van der Waals surface area contributed by atoms with E-state index in [9.17, 15) is 4.79 Å². The van der Waals surface area contributed by atoms with E-state index in [1.54, 1.807) is 4.90 Å². The van der Waals surface area contributed by atoms with Gasteiger partial charge in [-0.2, -0.15) is 0 Å². The summed E-state index contributed by atoms with van der Waals surface area (Å²) in [7, 11) is 3.62. The Bertz CT molecular complexity index is 248. The maximum absolute atomic E-state index is 11.7. The molecule has 1 fully saturated rings. The molecule has 0 aromatic heterocycles. The van der Waals surface area contributed by atoms with Gasteiger partial charge in [0.1, 0.15) is 0 Å². The van der Waals surface area contributed by atoms with Gasteiger partial charge in [-0.25, -0.2) is 0 Å². The summed E-state index contributed by atoms with van der Waals surface area (Å²) in [4.78, 5) is 13.4. The number of hydrogen-bond acceptors (Lipinski definition) is 2. The quantitative estimate of drug-likeness (QED) is 0.798. The molecule has 1 unspecified atom stereocenters. The number of carbonyl (C=O) groups excluding carboxylic acids is 1.